The first-order chi connectivity index (χ1) is 10.4. The fourth-order valence-corrected chi connectivity index (χ4v) is 3.44. The van der Waals surface area contributed by atoms with Crippen LogP contribution in [0.4, 0.5) is 0 Å². The molecule has 2 heteroatoms. The normalized spacial score (nSPS) is 34.0. The number of hydrogen-bond donors (Lipinski definition) is 1. The molecule has 0 bridgehead atoms. The molecule has 0 radical (unpaired) electrons. The summed E-state index contributed by atoms with van der Waals surface area (Å²) in [5.41, 5.74) is 3.96. The van der Waals surface area contributed by atoms with E-state index < -0.39 is 0 Å². The molecule has 1 heterocycles. The summed E-state index contributed by atoms with van der Waals surface area (Å²) in [7, 11) is 0. The van der Waals surface area contributed by atoms with Crippen LogP contribution in [0.3, 0.4) is 0 Å². The number of aliphatic hydroxyl groups excluding tert-OH is 1. The minimum atomic E-state index is 0.0414. The molecule has 0 amide bonds. The zero-order valence-corrected chi connectivity index (χ0v) is 14.5. The Hall–Kier alpha value is -0.860. The lowest BCUT2D eigenvalue weighted by molar-refractivity contribution is 0.279. The number of aliphatic hydroxyl groups is 1. The van der Waals surface area contributed by atoms with Crippen LogP contribution in [0, 0.1) is 5.92 Å². The molecule has 0 unspecified atom stereocenters. The fraction of sp³-hybridized carbons (Fsp3) is 0.700. The minimum Gasteiger partial charge on any atom is -0.392 e. The molecule has 1 aliphatic carbocycles. The number of fused-ring (bicyclic) bond motifs is 1. The van der Waals surface area contributed by atoms with Crippen molar-refractivity contribution in [3.8, 4) is 0 Å². The molecule has 0 aromatic carbocycles. The third kappa shape index (κ3) is 4.82. The van der Waals surface area contributed by atoms with Gasteiger partial charge in [0.25, 0.3) is 0 Å². The van der Waals surface area contributed by atoms with Crippen molar-refractivity contribution >= 4 is 0 Å². The molecule has 2 aliphatic rings. The first kappa shape index (κ1) is 17.5. The predicted molar refractivity (Wildman–Crippen MR) is 92.8 cm³/mol. The summed E-state index contributed by atoms with van der Waals surface area (Å²) in [6, 6.07) is 0. The standard InChI is InChI=1S/C20H32O2/c1-15-7-5-8-16(2)10-11-18(17(3)14-21)13-19-20(4,22-19)12-6-9-15/h8-9,18-19,21H,3,5-7,10-14H2,1-2,4H3/t18-,19-,20-/m0/s1. The van der Waals surface area contributed by atoms with Crippen molar-refractivity contribution in [2.24, 2.45) is 5.92 Å². The average molecular weight is 304 g/mol. The van der Waals surface area contributed by atoms with Crippen LogP contribution in [0.2, 0.25) is 0 Å². The van der Waals surface area contributed by atoms with E-state index in [1.54, 1.807) is 0 Å². The molecule has 1 saturated heterocycles. The predicted octanol–water partition coefficient (Wildman–Crippen LogP) is 4.95. The van der Waals surface area contributed by atoms with Crippen molar-refractivity contribution in [2.75, 3.05) is 6.61 Å². The average Bonchev–Trinajstić information content (AvgIpc) is 3.11. The smallest absolute Gasteiger partial charge is 0.0923 e. The Labute approximate surface area is 136 Å². The van der Waals surface area contributed by atoms with Crippen molar-refractivity contribution in [2.45, 2.75) is 77.4 Å². The van der Waals surface area contributed by atoms with Crippen LogP contribution >= 0.6 is 0 Å². The van der Waals surface area contributed by atoms with Crippen molar-refractivity contribution < 1.29 is 9.84 Å². The molecule has 1 aliphatic heterocycles. The number of epoxide rings is 1. The lowest BCUT2D eigenvalue weighted by Gasteiger charge is -2.18. The molecule has 0 aromatic heterocycles. The highest BCUT2D eigenvalue weighted by atomic mass is 16.6. The van der Waals surface area contributed by atoms with E-state index in [0.29, 0.717) is 12.0 Å². The number of rotatable bonds is 2. The fourth-order valence-electron chi connectivity index (χ4n) is 3.44. The summed E-state index contributed by atoms with van der Waals surface area (Å²) in [4.78, 5) is 0. The van der Waals surface area contributed by atoms with E-state index in [1.807, 2.05) is 0 Å². The molecule has 0 aromatic rings. The number of ether oxygens (including phenoxy) is 1. The van der Waals surface area contributed by atoms with Gasteiger partial charge >= 0.3 is 0 Å². The molecular formula is C20H32O2. The van der Waals surface area contributed by atoms with Gasteiger partial charge in [0.2, 0.25) is 0 Å². The van der Waals surface area contributed by atoms with Crippen LogP contribution in [0.15, 0.2) is 35.5 Å². The van der Waals surface area contributed by atoms with E-state index in [-0.39, 0.29) is 12.2 Å². The highest BCUT2D eigenvalue weighted by Crippen LogP contribution is 2.45. The van der Waals surface area contributed by atoms with Gasteiger partial charge in [-0.2, -0.15) is 0 Å². The summed E-state index contributed by atoms with van der Waals surface area (Å²) >= 11 is 0. The topological polar surface area (TPSA) is 32.8 Å². The Morgan fingerprint density at radius 2 is 1.95 bits per heavy atom. The van der Waals surface area contributed by atoms with Crippen molar-refractivity contribution in [3.05, 3.63) is 35.5 Å². The second-order valence-electron chi connectivity index (χ2n) is 7.39. The van der Waals surface area contributed by atoms with E-state index >= 15 is 0 Å². The lowest BCUT2D eigenvalue weighted by Crippen LogP contribution is -2.16. The van der Waals surface area contributed by atoms with Gasteiger partial charge in [0.05, 0.1) is 18.3 Å². The van der Waals surface area contributed by atoms with Gasteiger partial charge in [-0.25, -0.2) is 0 Å². The van der Waals surface area contributed by atoms with Gasteiger partial charge in [0.1, 0.15) is 0 Å². The zero-order valence-electron chi connectivity index (χ0n) is 14.5. The lowest BCUT2D eigenvalue weighted by atomic mass is 9.85. The van der Waals surface area contributed by atoms with E-state index in [9.17, 15) is 5.11 Å². The maximum absolute atomic E-state index is 9.45. The van der Waals surface area contributed by atoms with Gasteiger partial charge in [-0.3, -0.25) is 0 Å². The number of hydrogen-bond acceptors (Lipinski definition) is 2. The van der Waals surface area contributed by atoms with Crippen molar-refractivity contribution in [1.82, 2.24) is 0 Å². The third-order valence-electron chi connectivity index (χ3n) is 5.37. The summed E-state index contributed by atoms with van der Waals surface area (Å²) in [5, 5.41) is 9.45. The van der Waals surface area contributed by atoms with E-state index in [1.165, 1.54) is 11.1 Å². The zero-order chi connectivity index (χ0) is 16.2. The van der Waals surface area contributed by atoms with Crippen LogP contribution in [0.25, 0.3) is 0 Å². The monoisotopic (exact) mass is 304 g/mol. The van der Waals surface area contributed by atoms with Gasteiger partial charge in [0.15, 0.2) is 0 Å². The summed E-state index contributed by atoms with van der Waals surface area (Å²) in [6.45, 7) is 10.9. The van der Waals surface area contributed by atoms with E-state index in [4.69, 9.17) is 4.74 Å². The second kappa shape index (κ2) is 7.61. The first-order valence-corrected chi connectivity index (χ1v) is 8.72. The summed E-state index contributed by atoms with van der Waals surface area (Å²) in [5.74, 6) is 0.375. The van der Waals surface area contributed by atoms with E-state index in [2.05, 4.69) is 39.5 Å². The molecule has 124 valence electrons. The van der Waals surface area contributed by atoms with Crippen molar-refractivity contribution in [1.29, 1.82) is 0 Å². The highest BCUT2D eigenvalue weighted by molar-refractivity contribution is 5.11. The summed E-state index contributed by atoms with van der Waals surface area (Å²) in [6.07, 6.45) is 12.8. The Bertz CT molecular complexity index is 460. The third-order valence-corrected chi connectivity index (χ3v) is 5.37. The van der Waals surface area contributed by atoms with E-state index in [0.717, 1.165) is 50.5 Å². The molecule has 22 heavy (non-hydrogen) atoms. The van der Waals surface area contributed by atoms with Gasteiger partial charge in [0, 0.05) is 0 Å². The van der Waals surface area contributed by atoms with Gasteiger partial charge in [-0.05, 0) is 77.2 Å². The number of allylic oxidation sites excluding steroid dienone is 4. The maximum atomic E-state index is 9.45. The van der Waals surface area contributed by atoms with Crippen LogP contribution in [-0.2, 0) is 4.74 Å². The van der Waals surface area contributed by atoms with Crippen LogP contribution < -0.4 is 0 Å². The minimum absolute atomic E-state index is 0.0414. The van der Waals surface area contributed by atoms with Crippen LogP contribution in [-0.4, -0.2) is 23.4 Å². The molecular weight excluding hydrogens is 272 g/mol. The molecule has 1 fully saturated rings. The summed E-state index contributed by atoms with van der Waals surface area (Å²) < 4.78 is 6.00. The van der Waals surface area contributed by atoms with Gasteiger partial charge < -0.3 is 9.84 Å². The molecule has 2 nitrogen and oxygen atoms in total. The Morgan fingerprint density at radius 3 is 2.68 bits per heavy atom. The second-order valence-corrected chi connectivity index (χ2v) is 7.39. The Morgan fingerprint density at radius 1 is 1.27 bits per heavy atom. The van der Waals surface area contributed by atoms with Crippen molar-refractivity contribution in [3.63, 3.8) is 0 Å². The molecule has 1 N–H and O–H groups in total. The molecule has 3 atom stereocenters. The van der Waals surface area contributed by atoms with Crippen LogP contribution in [0.5, 0.6) is 0 Å². The largest absolute Gasteiger partial charge is 0.392 e. The SMILES string of the molecule is C=C(CO)[C@H]1CCC(C)=CCCC(C)=CCC[C@]2(C)O[C@H]2C1. The quantitative estimate of drug-likeness (QED) is 0.578. The Kier molecular flexibility index (Phi) is 6.05. The molecule has 0 saturated carbocycles. The maximum Gasteiger partial charge on any atom is 0.0923 e. The molecule has 0 spiro atoms. The Balaban J connectivity index is 2.06. The van der Waals surface area contributed by atoms with Crippen LogP contribution in [0.1, 0.15) is 65.7 Å². The van der Waals surface area contributed by atoms with Gasteiger partial charge in [-0.15, -0.1) is 0 Å². The van der Waals surface area contributed by atoms with Gasteiger partial charge in [-0.1, -0.05) is 29.9 Å². The highest BCUT2D eigenvalue weighted by Gasteiger charge is 2.51. The first-order valence-electron chi connectivity index (χ1n) is 8.72. The molecule has 2 rings (SSSR count).